The van der Waals surface area contributed by atoms with Crippen LogP contribution in [0.4, 0.5) is 23.7 Å². The fraction of sp³-hybridized carbons (Fsp3) is 0.227. The number of likely N-dealkylation sites (N-methyl/N-ethyl adjacent to an activating group) is 1. The number of hydrogen-bond donors (Lipinski definition) is 3. The third-order valence-corrected chi connectivity index (χ3v) is 5.27. The molecule has 13 heteroatoms. The van der Waals surface area contributed by atoms with Gasteiger partial charge in [-0.25, -0.2) is 14.8 Å². The number of hydrazine groups is 1. The Morgan fingerprint density at radius 3 is 2.51 bits per heavy atom. The second kappa shape index (κ2) is 9.18. The van der Waals surface area contributed by atoms with Gasteiger partial charge in [-0.3, -0.25) is 0 Å². The summed E-state index contributed by atoms with van der Waals surface area (Å²) >= 11 is 0. The number of benzene rings is 2. The predicted molar refractivity (Wildman–Crippen MR) is 120 cm³/mol. The van der Waals surface area contributed by atoms with Crippen LogP contribution in [0.5, 0.6) is 23.1 Å². The number of rotatable bonds is 6. The summed E-state index contributed by atoms with van der Waals surface area (Å²) in [5, 5.41) is 5.64. The van der Waals surface area contributed by atoms with E-state index < -0.39 is 17.9 Å². The number of aromatic nitrogens is 2. The number of carbonyl (C=O) groups excluding carboxylic acids is 1. The van der Waals surface area contributed by atoms with Crippen molar-refractivity contribution in [3.8, 4) is 23.1 Å². The molecule has 1 aromatic heterocycles. The zero-order valence-corrected chi connectivity index (χ0v) is 18.8. The van der Waals surface area contributed by atoms with Gasteiger partial charge in [-0.1, -0.05) is 6.07 Å². The molecule has 3 N–H and O–H groups in total. The van der Waals surface area contributed by atoms with Crippen molar-refractivity contribution >= 4 is 22.6 Å². The van der Waals surface area contributed by atoms with E-state index >= 15 is 0 Å². The lowest BCUT2D eigenvalue weighted by atomic mass is 10.1. The quantitative estimate of drug-likeness (QED) is 0.479. The number of ether oxygens (including phenoxy) is 3. The molecule has 2 amide bonds. The van der Waals surface area contributed by atoms with E-state index in [4.69, 9.17) is 14.2 Å². The van der Waals surface area contributed by atoms with Crippen LogP contribution in [0, 0.1) is 0 Å². The Balaban J connectivity index is 1.55. The van der Waals surface area contributed by atoms with Gasteiger partial charge < -0.3 is 30.3 Å². The van der Waals surface area contributed by atoms with Crippen LogP contribution in [-0.4, -0.2) is 54.1 Å². The number of methoxy groups -OCH3 is 2. The first-order valence-corrected chi connectivity index (χ1v) is 10.1. The molecular formula is C22H21F3N6O4. The monoisotopic (exact) mass is 490 g/mol. The van der Waals surface area contributed by atoms with Gasteiger partial charge in [-0.15, -0.1) is 0 Å². The highest BCUT2D eigenvalue weighted by atomic mass is 19.4. The normalized spacial score (nSPS) is 17.7. The second-order valence-corrected chi connectivity index (χ2v) is 7.40. The minimum absolute atomic E-state index is 0.201. The van der Waals surface area contributed by atoms with Crippen LogP contribution in [0.1, 0.15) is 0 Å². The van der Waals surface area contributed by atoms with E-state index in [1.807, 2.05) is 5.32 Å². The number of carbonyl (C=O) groups is 1. The second-order valence-electron chi connectivity index (χ2n) is 7.40. The van der Waals surface area contributed by atoms with Crippen LogP contribution in [0.25, 0.3) is 10.9 Å². The number of hydrogen-bond acceptors (Lipinski definition) is 8. The third-order valence-electron chi connectivity index (χ3n) is 5.27. The van der Waals surface area contributed by atoms with Gasteiger partial charge >= 0.3 is 12.2 Å². The molecule has 1 unspecified atom stereocenters. The Morgan fingerprint density at radius 2 is 1.86 bits per heavy atom. The number of anilines is 1. The molecule has 184 valence electrons. The van der Waals surface area contributed by atoms with Crippen LogP contribution in [0.2, 0.25) is 0 Å². The molecule has 35 heavy (non-hydrogen) atoms. The van der Waals surface area contributed by atoms with Crippen LogP contribution in [0.3, 0.4) is 0 Å². The number of nitrogens with one attached hydrogen (secondary N) is 3. The van der Waals surface area contributed by atoms with Gasteiger partial charge in [0.25, 0.3) is 0 Å². The Hall–Kier alpha value is -4.26. The molecule has 0 fully saturated rings. The first-order chi connectivity index (χ1) is 16.7. The fourth-order valence-electron chi connectivity index (χ4n) is 3.49. The lowest BCUT2D eigenvalue weighted by molar-refractivity contribution is -0.218. The summed E-state index contributed by atoms with van der Waals surface area (Å²) in [7, 11) is 4.16. The Kier molecular flexibility index (Phi) is 6.26. The molecule has 10 nitrogen and oxygen atoms in total. The topological polar surface area (TPSA) is 110 Å². The molecule has 1 atom stereocenters. The SMILES string of the molecule is COc1cc2ncnc(Oc3cccc(NC(=O)NC4(C(F)(F)F)C=CNN4C)c3)c2cc1OC. The highest BCUT2D eigenvalue weighted by molar-refractivity contribution is 5.90. The van der Waals surface area contributed by atoms with Crippen molar-refractivity contribution in [1.29, 1.82) is 0 Å². The van der Waals surface area contributed by atoms with E-state index in [9.17, 15) is 18.0 Å². The van der Waals surface area contributed by atoms with Crippen molar-refractivity contribution < 1.29 is 32.2 Å². The van der Waals surface area contributed by atoms with Gasteiger partial charge in [0.15, 0.2) is 11.5 Å². The Morgan fingerprint density at radius 1 is 1.11 bits per heavy atom. The number of alkyl halides is 3. The van der Waals surface area contributed by atoms with Gasteiger partial charge in [-0.05, 0) is 24.3 Å². The van der Waals surface area contributed by atoms with Crippen LogP contribution < -0.4 is 30.3 Å². The summed E-state index contributed by atoms with van der Waals surface area (Å²) < 4.78 is 57.5. The molecule has 0 saturated carbocycles. The molecule has 0 saturated heterocycles. The van der Waals surface area contributed by atoms with Gasteiger partial charge in [0, 0.05) is 31.1 Å². The summed E-state index contributed by atoms with van der Waals surface area (Å²) in [6, 6.07) is 8.39. The highest BCUT2D eigenvalue weighted by Crippen LogP contribution is 2.37. The molecule has 2 heterocycles. The van der Waals surface area contributed by atoms with Gasteiger partial charge in [0.2, 0.25) is 11.5 Å². The van der Waals surface area contributed by atoms with Gasteiger partial charge in [0.1, 0.15) is 12.1 Å². The summed E-state index contributed by atoms with van der Waals surface area (Å²) in [4.78, 5) is 20.8. The Bertz CT molecular complexity index is 1290. The third kappa shape index (κ3) is 4.57. The van der Waals surface area contributed by atoms with E-state index in [0.717, 1.165) is 17.3 Å². The zero-order valence-electron chi connectivity index (χ0n) is 18.8. The minimum Gasteiger partial charge on any atom is -0.493 e. The Labute approximate surface area is 197 Å². The molecule has 1 aliphatic rings. The molecule has 0 bridgehead atoms. The van der Waals surface area contributed by atoms with E-state index in [2.05, 4.69) is 20.7 Å². The van der Waals surface area contributed by atoms with E-state index in [-0.39, 0.29) is 17.3 Å². The highest BCUT2D eigenvalue weighted by Gasteiger charge is 2.59. The average molecular weight is 490 g/mol. The van der Waals surface area contributed by atoms with Crippen LogP contribution in [0.15, 0.2) is 55.0 Å². The molecular weight excluding hydrogens is 469 g/mol. The van der Waals surface area contributed by atoms with Crippen LogP contribution >= 0.6 is 0 Å². The van der Waals surface area contributed by atoms with Crippen LogP contribution in [-0.2, 0) is 0 Å². The van der Waals surface area contributed by atoms with E-state index in [1.165, 1.54) is 39.7 Å². The van der Waals surface area contributed by atoms with Crippen molar-refractivity contribution in [3.05, 3.63) is 55.0 Å². The molecule has 0 spiro atoms. The number of halogens is 3. The lowest BCUT2D eigenvalue weighted by Gasteiger charge is -2.36. The number of nitrogens with zero attached hydrogens (tertiary/aromatic N) is 3. The summed E-state index contributed by atoms with van der Waals surface area (Å²) in [5.74, 6) is 1.42. The lowest BCUT2D eigenvalue weighted by Crippen LogP contribution is -2.67. The molecule has 1 aliphatic heterocycles. The van der Waals surface area contributed by atoms with Crippen molar-refractivity contribution in [2.75, 3.05) is 26.6 Å². The summed E-state index contributed by atoms with van der Waals surface area (Å²) in [5.41, 5.74) is 0.435. The molecule has 0 aliphatic carbocycles. The molecule has 0 radical (unpaired) electrons. The van der Waals surface area contributed by atoms with Crippen molar-refractivity contribution in [3.63, 3.8) is 0 Å². The largest absolute Gasteiger partial charge is 0.493 e. The number of amides is 2. The van der Waals surface area contributed by atoms with Crippen molar-refractivity contribution in [2.24, 2.45) is 0 Å². The van der Waals surface area contributed by atoms with Crippen molar-refractivity contribution in [1.82, 2.24) is 25.7 Å². The average Bonchev–Trinajstić information content (AvgIpc) is 3.19. The fourth-order valence-corrected chi connectivity index (χ4v) is 3.49. The minimum atomic E-state index is -4.78. The molecule has 3 aromatic rings. The predicted octanol–water partition coefficient (Wildman–Crippen LogP) is 3.78. The number of fused-ring (bicyclic) bond motifs is 1. The van der Waals surface area contributed by atoms with Gasteiger partial charge in [-0.2, -0.15) is 18.2 Å². The first-order valence-electron chi connectivity index (χ1n) is 10.1. The van der Waals surface area contributed by atoms with E-state index in [0.29, 0.717) is 22.4 Å². The number of urea groups is 1. The first kappa shape index (κ1) is 23.9. The summed E-state index contributed by atoms with van der Waals surface area (Å²) in [6.07, 6.45) is -1.55. The zero-order chi connectivity index (χ0) is 25.2. The standard InChI is InChI=1S/C22H21F3N6O4/c1-31-21(7-8-28-31,22(23,24)25)30-20(32)29-13-5-4-6-14(9-13)35-19-15-10-17(33-2)18(34-3)11-16(15)26-12-27-19/h4-12,28H,1-3H3,(H2,29,30,32). The molecule has 2 aromatic carbocycles. The van der Waals surface area contributed by atoms with Gasteiger partial charge in [0.05, 0.1) is 25.1 Å². The summed E-state index contributed by atoms with van der Waals surface area (Å²) in [6.45, 7) is 0. The maximum absolute atomic E-state index is 13.7. The van der Waals surface area contributed by atoms with E-state index in [1.54, 1.807) is 24.3 Å². The smallest absolute Gasteiger partial charge is 0.430 e. The molecule has 4 rings (SSSR count). The van der Waals surface area contributed by atoms with Crippen molar-refractivity contribution in [2.45, 2.75) is 11.8 Å². The maximum Gasteiger partial charge on any atom is 0.430 e. The maximum atomic E-state index is 13.7.